The smallest absolute Gasteiger partial charge is 0.340 e. The van der Waals surface area contributed by atoms with Crippen molar-refractivity contribution in [3.05, 3.63) is 44.9 Å². The molecule has 0 saturated carbocycles. The van der Waals surface area contributed by atoms with Gasteiger partial charge in [0, 0.05) is 5.69 Å². The van der Waals surface area contributed by atoms with Crippen molar-refractivity contribution in [1.82, 2.24) is 4.98 Å². The van der Waals surface area contributed by atoms with Gasteiger partial charge in [0.15, 0.2) is 0 Å². The van der Waals surface area contributed by atoms with Gasteiger partial charge in [-0.15, -0.1) is 11.3 Å². The second-order valence-corrected chi connectivity index (χ2v) is 6.97. The molecule has 24 heavy (non-hydrogen) atoms. The summed E-state index contributed by atoms with van der Waals surface area (Å²) in [5.41, 5.74) is 2.31. The molecule has 0 spiro atoms. The summed E-state index contributed by atoms with van der Waals surface area (Å²) in [6, 6.07) is 4.06. The summed E-state index contributed by atoms with van der Waals surface area (Å²) in [5.74, 6) is -0.388. The van der Waals surface area contributed by atoms with Gasteiger partial charge in [0.25, 0.3) is 0 Å². The van der Waals surface area contributed by atoms with Crippen LogP contribution >= 0.6 is 11.3 Å². The minimum Gasteiger partial charge on any atom is -0.462 e. The summed E-state index contributed by atoms with van der Waals surface area (Å²) >= 11 is 1.69. The number of H-pyrrole nitrogens is 1. The highest BCUT2D eigenvalue weighted by atomic mass is 32.1. The average Bonchev–Trinajstić information content (AvgIpc) is 3.15. The molecule has 2 atom stereocenters. The molecule has 0 aliphatic heterocycles. The van der Waals surface area contributed by atoms with Crippen LogP contribution in [-0.2, 0) is 4.74 Å². The number of hydrogen-bond donors (Lipinski definition) is 2. The number of ketones is 1. The van der Waals surface area contributed by atoms with Gasteiger partial charge in [-0.2, -0.15) is 0 Å². The summed E-state index contributed by atoms with van der Waals surface area (Å²) in [4.78, 5) is 29.2. The third-order valence-electron chi connectivity index (χ3n) is 4.15. The van der Waals surface area contributed by atoms with Crippen molar-refractivity contribution in [3.63, 3.8) is 0 Å². The van der Waals surface area contributed by atoms with Crippen LogP contribution in [0, 0.1) is 13.8 Å². The van der Waals surface area contributed by atoms with E-state index in [1.807, 2.05) is 23.7 Å². The lowest BCUT2D eigenvalue weighted by atomic mass is 10.0. The number of esters is 1. The molecule has 130 valence electrons. The molecule has 0 amide bonds. The summed E-state index contributed by atoms with van der Waals surface area (Å²) < 4.78 is 5.08. The van der Waals surface area contributed by atoms with Gasteiger partial charge in [0.1, 0.15) is 12.1 Å². The van der Waals surface area contributed by atoms with Crippen molar-refractivity contribution >= 4 is 23.1 Å². The molecule has 6 heteroatoms. The Morgan fingerprint density at radius 1 is 1.33 bits per heavy atom. The molecule has 2 rings (SSSR count). The predicted octanol–water partition coefficient (Wildman–Crippen LogP) is 2.77. The topological polar surface area (TPSA) is 75.8 Å². The zero-order valence-electron chi connectivity index (χ0n) is 14.8. The monoisotopic (exact) mass is 349 g/mol. The van der Waals surface area contributed by atoms with E-state index in [9.17, 15) is 9.59 Å². The van der Waals surface area contributed by atoms with Crippen molar-refractivity contribution in [2.75, 3.05) is 6.61 Å². The van der Waals surface area contributed by atoms with Gasteiger partial charge < -0.3 is 15.0 Å². The van der Waals surface area contributed by atoms with Gasteiger partial charge in [0.2, 0.25) is 5.78 Å². The van der Waals surface area contributed by atoms with E-state index in [1.54, 1.807) is 32.1 Å². The summed E-state index contributed by atoms with van der Waals surface area (Å²) in [5, 5.41) is 4.09. The normalized spacial score (nSPS) is 13.5. The predicted molar refractivity (Wildman–Crippen MR) is 94.7 cm³/mol. The molecule has 2 aromatic rings. The Balaban J connectivity index is 2.17. The molecule has 0 aliphatic rings. The van der Waals surface area contributed by atoms with E-state index in [1.165, 1.54) is 4.88 Å². The maximum Gasteiger partial charge on any atom is 0.340 e. The van der Waals surface area contributed by atoms with E-state index in [0.717, 1.165) is 0 Å². The van der Waals surface area contributed by atoms with E-state index < -0.39 is 0 Å². The summed E-state index contributed by atoms with van der Waals surface area (Å²) in [6.07, 6.45) is 0. The van der Waals surface area contributed by atoms with E-state index in [-0.39, 0.29) is 23.8 Å². The summed E-state index contributed by atoms with van der Waals surface area (Å²) in [7, 11) is 0. The van der Waals surface area contributed by atoms with Gasteiger partial charge in [0.05, 0.1) is 22.7 Å². The molecule has 0 aromatic carbocycles. The third kappa shape index (κ3) is 3.76. The number of carbonyl (C=O) groups excluding carboxylic acids is 2. The number of quaternary nitrogens is 1. The molecule has 2 heterocycles. The van der Waals surface area contributed by atoms with E-state index in [4.69, 9.17) is 4.74 Å². The highest BCUT2D eigenvalue weighted by molar-refractivity contribution is 7.10. The minimum absolute atomic E-state index is 0.00504. The number of aromatic nitrogens is 1. The molecule has 0 bridgehead atoms. The van der Waals surface area contributed by atoms with Gasteiger partial charge in [-0.25, -0.2) is 4.79 Å². The Kier molecular flexibility index (Phi) is 5.96. The average molecular weight is 349 g/mol. The zero-order valence-corrected chi connectivity index (χ0v) is 15.6. The maximum absolute atomic E-state index is 12.8. The largest absolute Gasteiger partial charge is 0.462 e. The molecular formula is C18H25N2O3S+. The first-order chi connectivity index (χ1) is 11.4. The van der Waals surface area contributed by atoms with Crippen molar-refractivity contribution in [3.8, 4) is 0 Å². The van der Waals surface area contributed by atoms with Crippen LogP contribution in [0.4, 0.5) is 0 Å². The number of nitrogens with two attached hydrogens (primary N) is 1. The lowest BCUT2D eigenvalue weighted by Gasteiger charge is -2.14. The second kappa shape index (κ2) is 7.77. The lowest BCUT2D eigenvalue weighted by molar-refractivity contribution is -0.708. The molecule has 2 aromatic heterocycles. The Bertz CT molecular complexity index is 719. The fourth-order valence-electron chi connectivity index (χ4n) is 2.90. The van der Waals surface area contributed by atoms with Crippen molar-refractivity contribution < 1.29 is 19.6 Å². The number of hydrogen-bond acceptors (Lipinski definition) is 4. The van der Waals surface area contributed by atoms with E-state index in [2.05, 4.69) is 18.0 Å². The van der Waals surface area contributed by atoms with E-state index >= 15 is 0 Å². The van der Waals surface area contributed by atoms with Crippen LogP contribution in [0.1, 0.15) is 63.8 Å². The lowest BCUT2D eigenvalue weighted by Crippen LogP contribution is -2.91. The van der Waals surface area contributed by atoms with Crippen LogP contribution in [0.2, 0.25) is 0 Å². The van der Waals surface area contributed by atoms with Gasteiger partial charge in [-0.05, 0) is 51.6 Å². The number of rotatable bonds is 7. The molecule has 0 radical (unpaired) electrons. The van der Waals surface area contributed by atoms with Gasteiger partial charge >= 0.3 is 5.97 Å². The Morgan fingerprint density at radius 3 is 2.62 bits per heavy atom. The Labute approximate surface area is 146 Å². The van der Waals surface area contributed by atoms with Crippen molar-refractivity contribution in [2.45, 2.75) is 46.7 Å². The Morgan fingerprint density at radius 2 is 2.04 bits per heavy atom. The number of carbonyl (C=O) groups is 2. The number of ether oxygens (including phenoxy) is 1. The van der Waals surface area contributed by atoms with Crippen molar-refractivity contribution in [2.24, 2.45) is 0 Å². The van der Waals surface area contributed by atoms with Crippen LogP contribution in [0.5, 0.6) is 0 Å². The number of aromatic amines is 1. The van der Waals surface area contributed by atoms with Crippen molar-refractivity contribution in [1.29, 1.82) is 0 Å². The maximum atomic E-state index is 12.8. The SMILES string of the molecule is CCOC(=O)c1c(C)[nH]c(C(=O)[C@@H](C)[NH2+][C@H](C)c2cccs2)c1C. The molecule has 3 N–H and O–H groups in total. The first-order valence-corrected chi connectivity index (χ1v) is 9.03. The van der Waals surface area contributed by atoms with Gasteiger partial charge in [-0.1, -0.05) is 6.07 Å². The molecular weight excluding hydrogens is 324 g/mol. The number of nitrogens with one attached hydrogen (secondary N) is 1. The highest BCUT2D eigenvalue weighted by Crippen LogP contribution is 2.20. The third-order valence-corrected chi connectivity index (χ3v) is 5.22. The Hall–Kier alpha value is -1.92. The fourth-order valence-corrected chi connectivity index (χ4v) is 3.66. The van der Waals surface area contributed by atoms with Crippen LogP contribution in [0.3, 0.4) is 0 Å². The number of aryl methyl sites for hydroxylation is 1. The van der Waals surface area contributed by atoms with Crippen LogP contribution in [0.25, 0.3) is 0 Å². The van der Waals surface area contributed by atoms with Crippen LogP contribution < -0.4 is 5.32 Å². The van der Waals surface area contributed by atoms with Gasteiger partial charge in [-0.3, -0.25) is 4.79 Å². The first kappa shape index (κ1) is 18.4. The minimum atomic E-state index is -0.383. The molecule has 0 fully saturated rings. The fraction of sp³-hybridized carbons (Fsp3) is 0.444. The van der Waals surface area contributed by atoms with Crippen LogP contribution in [0.15, 0.2) is 17.5 Å². The molecule has 0 aliphatic carbocycles. The number of thiophene rings is 1. The quantitative estimate of drug-likeness (QED) is 0.596. The summed E-state index contributed by atoms with van der Waals surface area (Å²) in [6.45, 7) is 9.65. The molecule has 0 unspecified atom stereocenters. The molecule has 5 nitrogen and oxygen atoms in total. The zero-order chi connectivity index (χ0) is 17.9. The highest BCUT2D eigenvalue weighted by Gasteiger charge is 2.28. The van der Waals surface area contributed by atoms with E-state index in [0.29, 0.717) is 29.1 Å². The molecule has 0 saturated heterocycles. The first-order valence-electron chi connectivity index (χ1n) is 8.15. The van der Waals surface area contributed by atoms with Crippen LogP contribution in [-0.4, -0.2) is 29.4 Å². The standard InChI is InChI=1S/C18H24N2O3S/c1-6-23-18(22)15-10(2)16(20-12(15)4)17(21)13(5)19-11(3)14-8-7-9-24-14/h7-9,11,13,19-20H,6H2,1-5H3/p+1/t11-,13-/m1/s1. The second-order valence-electron chi connectivity index (χ2n) is 5.99. The number of Topliss-reactive ketones (excluding diaryl/α,β-unsaturated/α-hetero) is 1.